The smallest absolute Gasteiger partial charge is 0.0465 e. The van der Waals surface area contributed by atoms with Crippen LogP contribution in [0.5, 0.6) is 0 Å². The normalized spacial score (nSPS) is 13.4. The SMILES string of the molecule is CC1(C)c2cc(-c3c4ccccc4c(-c4c5ccccc5c(-c5ccc6c(c5)C(C)(C)c5cc(N(c7ccccc7)c7ccccc7)ccc5-6)c5ccccc45)c4ccccc34)ccc2-c2ccc(N(c3ccccc3)c3ccccc3)cc21. The first-order valence-electron chi connectivity index (χ1n) is 29.5. The van der Waals surface area contributed by atoms with Gasteiger partial charge in [0.1, 0.15) is 0 Å². The minimum atomic E-state index is -0.254. The zero-order valence-electron chi connectivity index (χ0n) is 47.6. The average Bonchev–Trinajstić information content (AvgIpc) is 1.21. The third-order valence-corrected chi connectivity index (χ3v) is 18.6. The Hall–Kier alpha value is -10.3. The van der Waals surface area contributed by atoms with Crippen molar-refractivity contribution in [1.29, 1.82) is 0 Å². The number of hydrogen-bond donors (Lipinski definition) is 0. The minimum absolute atomic E-state index is 0.254. The molecule has 0 radical (unpaired) electrons. The summed E-state index contributed by atoms with van der Waals surface area (Å²) in [5.41, 5.74) is 24.5. The molecule has 0 saturated heterocycles. The summed E-state index contributed by atoms with van der Waals surface area (Å²) in [4.78, 5) is 4.75. The average molecular weight is 1070 g/mol. The van der Waals surface area contributed by atoms with Gasteiger partial charge in [-0.2, -0.15) is 0 Å². The van der Waals surface area contributed by atoms with Gasteiger partial charge in [-0.15, -0.1) is 0 Å². The van der Waals surface area contributed by atoms with Gasteiger partial charge in [0, 0.05) is 45.0 Å². The molecule has 2 aliphatic carbocycles. The number of fused-ring (bicyclic) bond motifs is 10. The molecule has 2 aliphatic rings. The van der Waals surface area contributed by atoms with Crippen LogP contribution in [0.1, 0.15) is 49.9 Å². The monoisotopic (exact) mass is 1070 g/mol. The van der Waals surface area contributed by atoms with Gasteiger partial charge in [-0.1, -0.05) is 234 Å². The van der Waals surface area contributed by atoms with Gasteiger partial charge in [0.25, 0.3) is 0 Å². The molecule has 2 nitrogen and oxygen atoms in total. The van der Waals surface area contributed by atoms with E-state index < -0.39 is 0 Å². The lowest BCUT2D eigenvalue weighted by Crippen LogP contribution is -2.16. The van der Waals surface area contributed by atoms with Crippen LogP contribution in [0.4, 0.5) is 34.1 Å². The molecule has 0 heterocycles. The van der Waals surface area contributed by atoms with E-state index in [0.29, 0.717) is 0 Å². The van der Waals surface area contributed by atoms with E-state index in [1.54, 1.807) is 0 Å². The first kappa shape index (κ1) is 49.5. The summed E-state index contributed by atoms with van der Waals surface area (Å²) in [6.45, 7) is 9.63. The minimum Gasteiger partial charge on any atom is -0.310 e. The standard InChI is InChI=1S/C82H60N2/c1-81(2)73-49-53(41-45-61(73)63-47-43-59(51-75(63)81)83(55-25-9-5-10-26-55)56-27-11-6-12-28-56)77-65-33-17-21-37-69(65)79(70-38-22-18-34-66(70)77)80-71-39-23-19-35-67(71)78(68-36-20-24-40-72(68)80)54-42-46-62-64-48-44-60(52-76(64)82(3,4)74(62)50-54)84(57-29-13-7-14-30-57)58-31-15-8-16-32-58/h5-52H,1-4H3. The van der Waals surface area contributed by atoms with E-state index in [9.17, 15) is 0 Å². The molecular formula is C82H60N2. The molecule has 398 valence electrons. The van der Waals surface area contributed by atoms with Crippen molar-refractivity contribution in [2.24, 2.45) is 0 Å². The maximum atomic E-state index is 2.51. The Kier molecular flexibility index (Phi) is 11.3. The van der Waals surface area contributed by atoms with E-state index in [0.717, 1.165) is 34.1 Å². The van der Waals surface area contributed by atoms with E-state index in [1.165, 1.54) is 121 Å². The van der Waals surface area contributed by atoms with Crippen LogP contribution in [0.25, 0.3) is 98.7 Å². The van der Waals surface area contributed by atoms with Crippen molar-refractivity contribution in [3.8, 4) is 55.6 Å². The third kappa shape index (κ3) is 7.57. The van der Waals surface area contributed by atoms with Crippen LogP contribution in [-0.2, 0) is 10.8 Å². The van der Waals surface area contributed by atoms with Crippen molar-refractivity contribution in [3.05, 3.63) is 313 Å². The van der Waals surface area contributed by atoms with E-state index in [2.05, 4.69) is 329 Å². The van der Waals surface area contributed by atoms with Crippen LogP contribution in [0.2, 0.25) is 0 Å². The van der Waals surface area contributed by atoms with Crippen LogP contribution >= 0.6 is 0 Å². The highest BCUT2D eigenvalue weighted by Gasteiger charge is 2.39. The highest BCUT2D eigenvalue weighted by Crippen LogP contribution is 2.56. The molecule has 0 spiro atoms. The van der Waals surface area contributed by atoms with E-state index in [-0.39, 0.29) is 10.8 Å². The first-order valence-corrected chi connectivity index (χ1v) is 29.5. The molecule has 84 heavy (non-hydrogen) atoms. The summed E-state index contributed by atoms with van der Waals surface area (Å²) in [6.07, 6.45) is 0. The zero-order chi connectivity index (χ0) is 56.3. The molecule has 0 fully saturated rings. The van der Waals surface area contributed by atoms with Crippen molar-refractivity contribution in [1.82, 2.24) is 0 Å². The summed E-state index contributed by atoms with van der Waals surface area (Å²) in [6, 6.07) is 108. The van der Waals surface area contributed by atoms with Crippen molar-refractivity contribution in [2.45, 2.75) is 38.5 Å². The Bertz CT molecular complexity index is 4430. The Morgan fingerprint density at radius 1 is 0.202 bits per heavy atom. The van der Waals surface area contributed by atoms with Crippen LogP contribution in [0.15, 0.2) is 291 Å². The van der Waals surface area contributed by atoms with E-state index in [1.807, 2.05) is 0 Å². The first-order chi connectivity index (χ1) is 41.2. The van der Waals surface area contributed by atoms with Crippen LogP contribution in [0, 0.1) is 0 Å². The molecule has 0 bridgehead atoms. The molecule has 2 heteroatoms. The number of benzene rings is 14. The van der Waals surface area contributed by atoms with Crippen molar-refractivity contribution in [3.63, 3.8) is 0 Å². The van der Waals surface area contributed by atoms with Gasteiger partial charge in [-0.05, 0) is 206 Å². The zero-order valence-corrected chi connectivity index (χ0v) is 47.6. The topological polar surface area (TPSA) is 6.48 Å². The molecule has 14 aromatic rings. The fourth-order valence-corrected chi connectivity index (χ4v) is 14.7. The van der Waals surface area contributed by atoms with Gasteiger partial charge in [0.2, 0.25) is 0 Å². The largest absolute Gasteiger partial charge is 0.310 e. The van der Waals surface area contributed by atoms with Gasteiger partial charge in [-0.3, -0.25) is 0 Å². The van der Waals surface area contributed by atoms with Gasteiger partial charge >= 0.3 is 0 Å². The summed E-state index contributed by atoms with van der Waals surface area (Å²) in [5.74, 6) is 0. The highest BCUT2D eigenvalue weighted by molar-refractivity contribution is 6.30. The van der Waals surface area contributed by atoms with Crippen LogP contribution in [0.3, 0.4) is 0 Å². The second-order valence-corrected chi connectivity index (χ2v) is 23.9. The summed E-state index contributed by atoms with van der Waals surface area (Å²) >= 11 is 0. The number of anilines is 6. The van der Waals surface area contributed by atoms with Gasteiger partial charge in [0.15, 0.2) is 0 Å². The van der Waals surface area contributed by atoms with Gasteiger partial charge in [-0.25, -0.2) is 0 Å². The Morgan fingerprint density at radius 3 is 0.702 bits per heavy atom. The predicted molar refractivity (Wildman–Crippen MR) is 357 cm³/mol. The molecule has 0 atom stereocenters. The molecule has 0 aliphatic heterocycles. The summed E-state index contributed by atoms with van der Waals surface area (Å²) in [7, 11) is 0. The lowest BCUT2D eigenvalue weighted by Gasteiger charge is -2.28. The molecule has 0 unspecified atom stereocenters. The van der Waals surface area contributed by atoms with Crippen molar-refractivity contribution in [2.75, 3.05) is 9.80 Å². The fourth-order valence-electron chi connectivity index (χ4n) is 14.7. The molecule has 0 amide bonds. The lowest BCUT2D eigenvalue weighted by atomic mass is 9.78. The van der Waals surface area contributed by atoms with Gasteiger partial charge < -0.3 is 9.80 Å². The van der Waals surface area contributed by atoms with Crippen LogP contribution < -0.4 is 9.80 Å². The fraction of sp³-hybridized carbons (Fsp3) is 0.0732. The number of nitrogens with zero attached hydrogens (tertiary/aromatic N) is 2. The predicted octanol–water partition coefficient (Wildman–Crippen LogP) is 22.9. The maximum absolute atomic E-state index is 2.51. The lowest BCUT2D eigenvalue weighted by molar-refractivity contribution is 0.660. The molecule has 14 aromatic carbocycles. The quantitative estimate of drug-likeness (QED) is 0.133. The van der Waals surface area contributed by atoms with Crippen molar-refractivity contribution >= 4 is 77.2 Å². The van der Waals surface area contributed by atoms with Gasteiger partial charge in [0.05, 0.1) is 0 Å². The Labute approximate surface area is 491 Å². The number of hydrogen-bond acceptors (Lipinski definition) is 2. The second kappa shape index (κ2) is 19.2. The molecule has 0 saturated carbocycles. The third-order valence-electron chi connectivity index (χ3n) is 18.6. The van der Waals surface area contributed by atoms with E-state index in [4.69, 9.17) is 0 Å². The molecular weight excluding hydrogens is 1010 g/mol. The number of rotatable bonds is 9. The molecule has 16 rings (SSSR count). The maximum Gasteiger partial charge on any atom is 0.0465 e. The summed E-state index contributed by atoms with van der Waals surface area (Å²) in [5, 5.41) is 9.99. The van der Waals surface area contributed by atoms with Crippen LogP contribution in [-0.4, -0.2) is 0 Å². The second-order valence-electron chi connectivity index (χ2n) is 23.9. The summed E-state index contributed by atoms with van der Waals surface area (Å²) < 4.78 is 0. The van der Waals surface area contributed by atoms with E-state index >= 15 is 0 Å². The molecule has 0 aromatic heterocycles. The Balaban J connectivity index is 0.830. The Morgan fingerprint density at radius 2 is 0.429 bits per heavy atom. The molecule has 0 N–H and O–H groups in total. The number of para-hydroxylation sites is 4. The van der Waals surface area contributed by atoms with Crippen molar-refractivity contribution < 1.29 is 0 Å². The highest BCUT2D eigenvalue weighted by atomic mass is 15.1.